The van der Waals surface area contributed by atoms with Crippen molar-refractivity contribution in [3.63, 3.8) is 0 Å². The zero-order chi connectivity index (χ0) is 20.9. The Bertz CT molecular complexity index is 1260. The van der Waals surface area contributed by atoms with Gasteiger partial charge in [0.15, 0.2) is 0 Å². The van der Waals surface area contributed by atoms with E-state index in [9.17, 15) is 9.59 Å². The molecule has 2 heterocycles. The minimum absolute atomic E-state index is 0.163. The molecular formula is C23H18N2O5. The lowest BCUT2D eigenvalue weighted by atomic mass is 10.1. The van der Waals surface area contributed by atoms with Gasteiger partial charge < -0.3 is 18.9 Å². The fourth-order valence-corrected chi connectivity index (χ4v) is 2.90. The van der Waals surface area contributed by atoms with Gasteiger partial charge in [0.1, 0.15) is 16.9 Å². The largest absolute Gasteiger partial charge is 0.467 e. The highest BCUT2D eigenvalue weighted by Gasteiger charge is 2.13. The lowest BCUT2D eigenvalue weighted by Gasteiger charge is -2.06. The maximum absolute atomic E-state index is 12.8. The SMILES string of the molecule is COC(=O)c1ccc(N=c2oc3ccccc3cc2C(=O)NCc2ccco2)cc1. The molecule has 0 bridgehead atoms. The van der Waals surface area contributed by atoms with E-state index in [-0.39, 0.29) is 23.6 Å². The number of benzene rings is 2. The van der Waals surface area contributed by atoms with Gasteiger partial charge in [0.25, 0.3) is 5.91 Å². The molecule has 2 aromatic carbocycles. The van der Waals surface area contributed by atoms with Crippen LogP contribution in [0, 0.1) is 0 Å². The quantitative estimate of drug-likeness (QED) is 0.510. The van der Waals surface area contributed by atoms with E-state index in [2.05, 4.69) is 10.3 Å². The summed E-state index contributed by atoms with van der Waals surface area (Å²) in [7, 11) is 1.32. The molecule has 4 rings (SSSR count). The van der Waals surface area contributed by atoms with Crippen LogP contribution in [0.25, 0.3) is 11.0 Å². The van der Waals surface area contributed by atoms with Crippen molar-refractivity contribution in [2.75, 3.05) is 7.11 Å². The Morgan fingerprint density at radius 3 is 2.57 bits per heavy atom. The summed E-state index contributed by atoms with van der Waals surface area (Å²) in [5, 5.41) is 3.59. The standard InChI is InChI=1S/C23H18N2O5/c1-28-23(27)15-8-10-17(11-9-15)25-22-19(13-16-5-2-3-7-20(16)30-22)21(26)24-14-18-6-4-12-29-18/h2-13H,14H2,1H3,(H,24,26). The Morgan fingerprint density at radius 2 is 1.83 bits per heavy atom. The molecule has 0 aliphatic rings. The fraction of sp³-hybridized carbons (Fsp3) is 0.0870. The van der Waals surface area contributed by atoms with Crippen LogP contribution in [0.15, 0.2) is 86.8 Å². The van der Waals surface area contributed by atoms with E-state index in [0.29, 0.717) is 22.6 Å². The van der Waals surface area contributed by atoms with Crippen molar-refractivity contribution in [3.8, 4) is 0 Å². The number of amides is 1. The third-order valence-electron chi connectivity index (χ3n) is 4.42. The van der Waals surface area contributed by atoms with Crippen LogP contribution in [0.5, 0.6) is 0 Å². The topological polar surface area (TPSA) is 94.0 Å². The molecule has 7 heteroatoms. The number of nitrogens with one attached hydrogen (secondary N) is 1. The van der Waals surface area contributed by atoms with Crippen molar-refractivity contribution in [2.45, 2.75) is 6.54 Å². The maximum Gasteiger partial charge on any atom is 0.337 e. The predicted molar refractivity (Wildman–Crippen MR) is 109 cm³/mol. The van der Waals surface area contributed by atoms with Gasteiger partial charge in [-0.2, -0.15) is 0 Å². The molecule has 0 fully saturated rings. The minimum Gasteiger partial charge on any atom is -0.467 e. The Kier molecular flexibility index (Phi) is 5.43. The molecule has 0 saturated heterocycles. The summed E-state index contributed by atoms with van der Waals surface area (Å²) in [4.78, 5) is 28.9. The van der Waals surface area contributed by atoms with E-state index in [0.717, 1.165) is 5.39 Å². The number of carbonyl (C=O) groups excluding carboxylic acids is 2. The molecule has 0 spiro atoms. The summed E-state index contributed by atoms with van der Waals surface area (Å²) in [6.45, 7) is 0.242. The second kappa shape index (κ2) is 8.48. The van der Waals surface area contributed by atoms with Gasteiger partial charge in [-0.1, -0.05) is 18.2 Å². The van der Waals surface area contributed by atoms with Crippen molar-refractivity contribution < 1.29 is 23.2 Å². The van der Waals surface area contributed by atoms with Crippen molar-refractivity contribution >= 4 is 28.5 Å². The zero-order valence-electron chi connectivity index (χ0n) is 16.1. The summed E-state index contributed by atoms with van der Waals surface area (Å²) in [5.41, 5.74) is 1.99. The maximum atomic E-state index is 12.8. The van der Waals surface area contributed by atoms with Crippen LogP contribution in [0.1, 0.15) is 26.5 Å². The third kappa shape index (κ3) is 4.15. The number of carbonyl (C=O) groups is 2. The molecule has 1 amide bonds. The number of esters is 1. The molecular weight excluding hydrogens is 384 g/mol. The molecule has 1 N–H and O–H groups in total. The van der Waals surface area contributed by atoms with Gasteiger partial charge in [-0.15, -0.1) is 0 Å². The summed E-state index contributed by atoms with van der Waals surface area (Å²) >= 11 is 0. The molecule has 7 nitrogen and oxygen atoms in total. The van der Waals surface area contributed by atoms with Crippen molar-refractivity contribution in [3.05, 3.63) is 95.4 Å². The summed E-state index contributed by atoms with van der Waals surface area (Å²) in [6.07, 6.45) is 1.55. The molecule has 2 aromatic heterocycles. The molecule has 150 valence electrons. The van der Waals surface area contributed by atoms with Crippen LogP contribution in [0.2, 0.25) is 0 Å². The highest BCUT2D eigenvalue weighted by molar-refractivity contribution is 5.96. The van der Waals surface area contributed by atoms with Gasteiger partial charge in [0, 0.05) is 5.39 Å². The number of fused-ring (bicyclic) bond motifs is 1. The number of hydrogen-bond donors (Lipinski definition) is 1. The molecule has 30 heavy (non-hydrogen) atoms. The van der Waals surface area contributed by atoms with Gasteiger partial charge in [-0.25, -0.2) is 9.79 Å². The number of para-hydroxylation sites is 1. The van der Waals surface area contributed by atoms with Gasteiger partial charge in [0.2, 0.25) is 5.55 Å². The van der Waals surface area contributed by atoms with Crippen LogP contribution >= 0.6 is 0 Å². The molecule has 0 atom stereocenters. The number of ether oxygens (including phenoxy) is 1. The van der Waals surface area contributed by atoms with Crippen molar-refractivity contribution in [2.24, 2.45) is 4.99 Å². The van der Waals surface area contributed by atoms with E-state index in [4.69, 9.17) is 13.6 Å². The highest BCUT2D eigenvalue weighted by atomic mass is 16.5. The first-order chi connectivity index (χ1) is 14.6. The van der Waals surface area contributed by atoms with E-state index in [1.807, 2.05) is 18.2 Å². The number of methoxy groups -OCH3 is 1. The smallest absolute Gasteiger partial charge is 0.337 e. The molecule has 0 radical (unpaired) electrons. The highest BCUT2D eigenvalue weighted by Crippen LogP contribution is 2.16. The third-order valence-corrected chi connectivity index (χ3v) is 4.42. The van der Waals surface area contributed by atoms with Gasteiger partial charge in [0.05, 0.1) is 31.2 Å². The predicted octanol–water partition coefficient (Wildman–Crippen LogP) is 3.97. The van der Waals surface area contributed by atoms with Crippen LogP contribution in [0.4, 0.5) is 5.69 Å². The molecule has 0 unspecified atom stereocenters. The first-order valence-corrected chi connectivity index (χ1v) is 9.20. The second-order valence-electron chi connectivity index (χ2n) is 6.42. The molecule has 0 aliphatic carbocycles. The van der Waals surface area contributed by atoms with Gasteiger partial charge in [-0.3, -0.25) is 4.79 Å². The summed E-state index contributed by atoms with van der Waals surface area (Å²) < 4.78 is 15.9. The lowest BCUT2D eigenvalue weighted by molar-refractivity contribution is 0.0600. The average molecular weight is 402 g/mol. The van der Waals surface area contributed by atoms with E-state index >= 15 is 0 Å². The van der Waals surface area contributed by atoms with Crippen LogP contribution in [0.3, 0.4) is 0 Å². The first kappa shape index (κ1) is 19.2. The van der Waals surface area contributed by atoms with Crippen LogP contribution < -0.4 is 10.9 Å². The first-order valence-electron chi connectivity index (χ1n) is 9.20. The van der Waals surface area contributed by atoms with Crippen molar-refractivity contribution in [1.82, 2.24) is 5.32 Å². The monoisotopic (exact) mass is 402 g/mol. The fourth-order valence-electron chi connectivity index (χ4n) is 2.90. The Labute approximate surface area is 171 Å². The van der Waals surface area contributed by atoms with Crippen LogP contribution in [-0.2, 0) is 11.3 Å². The number of nitrogens with zero attached hydrogens (tertiary/aromatic N) is 1. The Hall–Kier alpha value is -4.13. The number of rotatable bonds is 5. The van der Waals surface area contributed by atoms with E-state index in [1.165, 1.54) is 7.11 Å². The van der Waals surface area contributed by atoms with Crippen LogP contribution in [-0.4, -0.2) is 19.0 Å². The normalized spacial score (nSPS) is 11.4. The second-order valence-corrected chi connectivity index (χ2v) is 6.42. The molecule has 0 aliphatic heterocycles. The summed E-state index contributed by atoms with van der Waals surface area (Å²) in [5.74, 6) is -0.140. The minimum atomic E-state index is -0.435. The van der Waals surface area contributed by atoms with Gasteiger partial charge >= 0.3 is 5.97 Å². The zero-order valence-corrected chi connectivity index (χ0v) is 16.1. The van der Waals surface area contributed by atoms with E-state index < -0.39 is 5.97 Å². The number of hydrogen-bond acceptors (Lipinski definition) is 6. The number of furan rings is 1. The Morgan fingerprint density at radius 1 is 1.03 bits per heavy atom. The molecule has 0 saturated carbocycles. The molecule has 4 aromatic rings. The lowest BCUT2D eigenvalue weighted by Crippen LogP contribution is -2.28. The summed E-state index contributed by atoms with van der Waals surface area (Å²) in [6, 6.07) is 19.1. The van der Waals surface area contributed by atoms with E-state index in [1.54, 1.807) is 54.8 Å². The Balaban J connectivity index is 1.73. The average Bonchev–Trinajstić information content (AvgIpc) is 3.30. The van der Waals surface area contributed by atoms with Crippen molar-refractivity contribution in [1.29, 1.82) is 0 Å². The van der Waals surface area contributed by atoms with Gasteiger partial charge in [-0.05, 0) is 48.5 Å².